The van der Waals surface area contributed by atoms with Gasteiger partial charge < -0.3 is 5.73 Å². The minimum absolute atomic E-state index is 0.372. The molecule has 0 aromatic carbocycles. The molecule has 0 spiro atoms. The summed E-state index contributed by atoms with van der Waals surface area (Å²) in [5.41, 5.74) is 9.74. The van der Waals surface area contributed by atoms with Crippen LogP contribution >= 0.6 is 0 Å². The van der Waals surface area contributed by atoms with Gasteiger partial charge in [0.25, 0.3) is 0 Å². The van der Waals surface area contributed by atoms with Gasteiger partial charge in [0.15, 0.2) is 0 Å². The number of nitrogens with zero attached hydrogens (tertiary/aromatic N) is 2. The predicted octanol–water partition coefficient (Wildman–Crippen LogP) is 1.90. The highest BCUT2D eigenvalue weighted by molar-refractivity contribution is 5.35. The number of aromatic nitrogens is 2. The summed E-state index contributed by atoms with van der Waals surface area (Å²) in [7, 11) is 0. The summed E-state index contributed by atoms with van der Waals surface area (Å²) in [6.07, 6.45) is 1.13. The van der Waals surface area contributed by atoms with E-state index in [0.29, 0.717) is 18.0 Å². The molecule has 78 valence electrons. The molecule has 1 aliphatic carbocycles. The highest BCUT2D eigenvalue weighted by Crippen LogP contribution is 2.42. The van der Waals surface area contributed by atoms with Crippen molar-refractivity contribution in [1.82, 2.24) is 9.78 Å². The van der Waals surface area contributed by atoms with E-state index in [0.717, 1.165) is 12.1 Å². The molecule has 2 rings (SSSR count). The van der Waals surface area contributed by atoms with Crippen LogP contribution in [0, 0.1) is 13.8 Å². The molecular formula is C11H19N3. The molecule has 0 saturated heterocycles. The third kappa shape index (κ3) is 1.36. The van der Waals surface area contributed by atoms with Gasteiger partial charge in [-0.25, -0.2) is 0 Å². The summed E-state index contributed by atoms with van der Waals surface area (Å²) >= 11 is 0. The van der Waals surface area contributed by atoms with Crippen LogP contribution in [-0.2, 0) is 0 Å². The Hall–Kier alpha value is -0.830. The van der Waals surface area contributed by atoms with E-state index >= 15 is 0 Å². The Morgan fingerprint density at radius 3 is 2.36 bits per heavy atom. The van der Waals surface area contributed by atoms with E-state index in [-0.39, 0.29) is 0 Å². The van der Waals surface area contributed by atoms with Crippen LogP contribution < -0.4 is 5.73 Å². The van der Waals surface area contributed by atoms with Crippen molar-refractivity contribution in [2.24, 2.45) is 5.73 Å². The standard InChI is InChI=1S/C11H19N3/c1-6(2)14-8(4)11(7(3)13-14)9-5-10(9)12/h6,9-10H,5,12H2,1-4H3/t9-,10-/m1/s1. The third-order valence-electron chi connectivity index (χ3n) is 3.08. The molecule has 3 heteroatoms. The molecule has 0 unspecified atom stereocenters. The zero-order valence-electron chi connectivity index (χ0n) is 9.41. The minimum Gasteiger partial charge on any atom is -0.327 e. The first-order valence-electron chi connectivity index (χ1n) is 5.33. The molecule has 2 atom stereocenters. The van der Waals surface area contributed by atoms with Crippen LogP contribution in [0.3, 0.4) is 0 Å². The molecule has 1 aromatic rings. The zero-order chi connectivity index (χ0) is 10.5. The fourth-order valence-corrected chi connectivity index (χ4v) is 2.26. The second kappa shape index (κ2) is 3.09. The lowest BCUT2D eigenvalue weighted by Crippen LogP contribution is -2.06. The average molecular weight is 193 g/mol. The Morgan fingerprint density at radius 1 is 1.43 bits per heavy atom. The first kappa shape index (κ1) is 9.71. The molecule has 0 radical (unpaired) electrons. The molecule has 1 fully saturated rings. The molecule has 3 nitrogen and oxygen atoms in total. The molecule has 1 aromatic heterocycles. The van der Waals surface area contributed by atoms with Crippen molar-refractivity contribution in [2.75, 3.05) is 0 Å². The van der Waals surface area contributed by atoms with Gasteiger partial charge in [0.1, 0.15) is 0 Å². The molecule has 14 heavy (non-hydrogen) atoms. The monoisotopic (exact) mass is 193 g/mol. The Balaban J connectivity index is 2.40. The van der Waals surface area contributed by atoms with Gasteiger partial charge in [-0.15, -0.1) is 0 Å². The van der Waals surface area contributed by atoms with Crippen LogP contribution in [-0.4, -0.2) is 15.8 Å². The Kier molecular flexibility index (Phi) is 2.14. The smallest absolute Gasteiger partial charge is 0.0632 e. The van der Waals surface area contributed by atoms with E-state index in [2.05, 4.69) is 37.5 Å². The molecule has 0 aliphatic heterocycles. The molecule has 2 N–H and O–H groups in total. The maximum Gasteiger partial charge on any atom is 0.0632 e. The van der Waals surface area contributed by atoms with Crippen LogP contribution in [0.5, 0.6) is 0 Å². The first-order chi connectivity index (χ1) is 6.52. The number of hydrogen-bond acceptors (Lipinski definition) is 2. The Morgan fingerprint density at radius 2 is 2.00 bits per heavy atom. The van der Waals surface area contributed by atoms with Crippen molar-refractivity contribution in [2.45, 2.75) is 52.1 Å². The summed E-state index contributed by atoms with van der Waals surface area (Å²) < 4.78 is 2.11. The van der Waals surface area contributed by atoms with E-state index in [4.69, 9.17) is 5.73 Å². The highest BCUT2D eigenvalue weighted by Gasteiger charge is 2.38. The SMILES string of the molecule is Cc1nn(C(C)C)c(C)c1[C@@H]1C[C@H]1N. The third-order valence-corrected chi connectivity index (χ3v) is 3.08. The second-order valence-electron chi connectivity index (χ2n) is 4.63. The van der Waals surface area contributed by atoms with Crippen LogP contribution in [0.25, 0.3) is 0 Å². The van der Waals surface area contributed by atoms with Gasteiger partial charge in [0.2, 0.25) is 0 Å². The van der Waals surface area contributed by atoms with E-state index in [1.165, 1.54) is 11.3 Å². The average Bonchev–Trinajstić information content (AvgIpc) is 2.69. The van der Waals surface area contributed by atoms with Crippen LogP contribution in [0.2, 0.25) is 0 Å². The highest BCUT2D eigenvalue weighted by atomic mass is 15.3. The lowest BCUT2D eigenvalue weighted by atomic mass is 10.1. The first-order valence-corrected chi connectivity index (χ1v) is 5.33. The van der Waals surface area contributed by atoms with Gasteiger partial charge in [-0.2, -0.15) is 5.10 Å². The maximum absolute atomic E-state index is 5.88. The summed E-state index contributed by atoms with van der Waals surface area (Å²) in [5, 5.41) is 4.57. The summed E-state index contributed by atoms with van der Waals surface area (Å²) in [6, 6.07) is 0.814. The Bertz CT molecular complexity index is 352. The van der Waals surface area contributed by atoms with Gasteiger partial charge in [0, 0.05) is 29.3 Å². The molecular weight excluding hydrogens is 174 g/mol. The zero-order valence-corrected chi connectivity index (χ0v) is 9.41. The lowest BCUT2D eigenvalue weighted by molar-refractivity contribution is 0.515. The van der Waals surface area contributed by atoms with E-state index in [9.17, 15) is 0 Å². The van der Waals surface area contributed by atoms with Crippen molar-refractivity contribution in [3.8, 4) is 0 Å². The number of rotatable bonds is 2. The number of nitrogens with two attached hydrogens (primary N) is 1. The van der Waals surface area contributed by atoms with Gasteiger partial charge >= 0.3 is 0 Å². The number of hydrogen-bond donors (Lipinski definition) is 1. The summed E-state index contributed by atoms with van der Waals surface area (Å²) in [5.74, 6) is 0.572. The van der Waals surface area contributed by atoms with Crippen LogP contribution in [0.1, 0.15) is 49.2 Å². The molecule has 0 bridgehead atoms. The second-order valence-corrected chi connectivity index (χ2v) is 4.63. The van der Waals surface area contributed by atoms with Crippen molar-refractivity contribution in [3.63, 3.8) is 0 Å². The van der Waals surface area contributed by atoms with Crippen LogP contribution in [0.15, 0.2) is 0 Å². The topological polar surface area (TPSA) is 43.8 Å². The molecule has 1 heterocycles. The van der Waals surface area contributed by atoms with E-state index in [1.807, 2.05) is 0 Å². The van der Waals surface area contributed by atoms with Crippen molar-refractivity contribution >= 4 is 0 Å². The van der Waals surface area contributed by atoms with Crippen LogP contribution in [0.4, 0.5) is 0 Å². The van der Waals surface area contributed by atoms with Crippen molar-refractivity contribution in [3.05, 3.63) is 17.0 Å². The Labute approximate surface area is 85.3 Å². The van der Waals surface area contributed by atoms with Crippen molar-refractivity contribution in [1.29, 1.82) is 0 Å². The number of aryl methyl sites for hydroxylation is 1. The largest absolute Gasteiger partial charge is 0.327 e. The fourth-order valence-electron chi connectivity index (χ4n) is 2.26. The summed E-state index contributed by atoms with van der Waals surface area (Å²) in [4.78, 5) is 0. The molecule has 0 amide bonds. The fraction of sp³-hybridized carbons (Fsp3) is 0.727. The van der Waals surface area contributed by atoms with Gasteiger partial charge in [-0.05, 0) is 34.1 Å². The lowest BCUT2D eigenvalue weighted by Gasteiger charge is -2.08. The normalized spacial score (nSPS) is 25.9. The molecule has 1 aliphatic rings. The maximum atomic E-state index is 5.88. The minimum atomic E-state index is 0.372. The van der Waals surface area contributed by atoms with Gasteiger partial charge in [0.05, 0.1) is 5.69 Å². The van der Waals surface area contributed by atoms with E-state index in [1.54, 1.807) is 0 Å². The van der Waals surface area contributed by atoms with Crippen molar-refractivity contribution < 1.29 is 0 Å². The van der Waals surface area contributed by atoms with E-state index < -0.39 is 0 Å². The van der Waals surface area contributed by atoms with Gasteiger partial charge in [-0.1, -0.05) is 0 Å². The summed E-state index contributed by atoms with van der Waals surface area (Å²) in [6.45, 7) is 8.57. The van der Waals surface area contributed by atoms with Gasteiger partial charge in [-0.3, -0.25) is 4.68 Å². The molecule has 1 saturated carbocycles. The quantitative estimate of drug-likeness (QED) is 0.779. The predicted molar refractivity (Wildman–Crippen MR) is 57.4 cm³/mol.